The number of fused-ring (bicyclic) bond motifs is 1. The largest absolute Gasteiger partial charge is 0.492 e. The fraction of sp³-hybridized carbons (Fsp3) is 0.500. The fourth-order valence-electron chi connectivity index (χ4n) is 2.39. The minimum Gasteiger partial charge on any atom is -0.492 e. The van der Waals surface area contributed by atoms with Crippen molar-refractivity contribution in [1.29, 1.82) is 0 Å². The Kier molecular flexibility index (Phi) is 2.74. The molecule has 0 spiro atoms. The minimum atomic E-state index is -0.117. The molecule has 0 radical (unpaired) electrons. The topological polar surface area (TPSA) is 64.3 Å². The number of hydrogen-bond acceptors (Lipinski definition) is 3. The van der Waals surface area contributed by atoms with Crippen molar-refractivity contribution >= 4 is 5.91 Å². The van der Waals surface area contributed by atoms with Crippen molar-refractivity contribution in [3.8, 4) is 5.75 Å². The Morgan fingerprint density at radius 3 is 2.94 bits per heavy atom. The fourth-order valence-corrected chi connectivity index (χ4v) is 2.39. The molecule has 0 saturated heterocycles. The van der Waals surface area contributed by atoms with E-state index in [0.29, 0.717) is 13.2 Å². The van der Waals surface area contributed by atoms with Gasteiger partial charge in [-0.1, -0.05) is 18.2 Å². The zero-order valence-electron chi connectivity index (χ0n) is 10.3. The highest BCUT2D eigenvalue weighted by molar-refractivity contribution is 5.80. The lowest BCUT2D eigenvalue weighted by molar-refractivity contribution is -0.127. The lowest BCUT2D eigenvalue weighted by atomic mass is 9.95. The number of nitrogens with two attached hydrogens (primary N) is 1. The van der Waals surface area contributed by atoms with Crippen LogP contribution >= 0.6 is 0 Å². The Balaban J connectivity index is 1.67. The molecule has 1 unspecified atom stereocenters. The summed E-state index contributed by atoms with van der Waals surface area (Å²) in [6.07, 6.45) is 2.75. The van der Waals surface area contributed by atoms with Gasteiger partial charge in [-0.2, -0.15) is 0 Å². The van der Waals surface area contributed by atoms with Crippen molar-refractivity contribution in [2.75, 3.05) is 13.2 Å². The Hall–Kier alpha value is -1.55. The van der Waals surface area contributed by atoms with Gasteiger partial charge >= 0.3 is 0 Å². The first-order chi connectivity index (χ1) is 8.72. The van der Waals surface area contributed by atoms with E-state index in [-0.39, 0.29) is 17.4 Å². The van der Waals surface area contributed by atoms with Crippen molar-refractivity contribution in [2.24, 2.45) is 11.7 Å². The molecule has 3 rings (SSSR count). The van der Waals surface area contributed by atoms with Crippen LogP contribution in [0.4, 0.5) is 0 Å². The van der Waals surface area contributed by atoms with E-state index >= 15 is 0 Å². The lowest BCUT2D eigenvalue weighted by Gasteiger charge is -2.26. The number of rotatable bonds is 3. The third kappa shape index (κ3) is 2.08. The molecule has 1 atom stereocenters. The zero-order valence-corrected chi connectivity index (χ0v) is 10.3. The molecular weight excluding hydrogens is 228 g/mol. The smallest absolute Gasteiger partial charge is 0.227 e. The monoisotopic (exact) mass is 246 g/mol. The third-order valence-electron chi connectivity index (χ3n) is 3.88. The number of benzene rings is 1. The van der Waals surface area contributed by atoms with Gasteiger partial charge in [0.05, 0.1) is 11.5 Å². The second-order valence-electron chi connectivity index (χ2n) is 5.29. The molecule has 96 valence electrons. The van der Waals surface area contributed by atoms with Crippen LogP contribution in [0, 0.1) is 5.92 Å². The highest BCUT2D eigenvalue weighted by Crippen LogP contribution is 2.35. The Bertz CT molecular complexity index is 469. The highest BCUT2D eigenvalue weighted by atomic mass is 16.5. The molecule has 1 aromatic carbocycles. The standard InChI is InChI=1S/C14H18N2O2/c15-9-14(5-6-14)16-13(17)11-7-10-3-1-2-4-12(10)18-8-11/h1-4,11H,5-9,15H2,(H,16,17). The molecule has 18 heavy (non-hydrogen) atoms. The van der Waals surface area contributed by atoms with Crippen LogP contribution in [0.1, 0.15) is 18.4 Å². The summed E-state index contributed by atoms with van der Waals surface area (Å²) in [7, 11) is 0. The van der Waals surface area contributed by atoms with Gasteiger partial charge in [-0.15, -0.1) is 0 Å². The molecule has 2 aliphatic rings. The van der Waals surface area contributed by atoms with Crippen molar-refractivity contribution in [3.05, 3.63) is 29.8 Å². The van der Waals surface area contributed by atoms with E-state index in [9.17, 15) is 4.79 Å². The summed E-state index contributed by atoms with van der Waals surface area (Å²) in [5, 5.41) is 3.07. The summed E-state index contributed by atoms with van der Waals surface area (Å²) in [5.74, 6) is 0.887. The SMILES string of the molecule is NCC1(NC(=O)C2COc3ccccc3C2)CC1. The van der Waals surface area contributed by atoms with Crippen molar-refractivity contribution in [2.45, 2.75) is 24.8 Å². The van der Waals surface area contributed by atoms with Gasteiger partial charge in [-0.3, -0.25) is 4.79 Å². The van der Waals surface area contributed by atoms with E-state index < -0.39 is 0 Å². The van der Waals surface area contributed by atoms with Crippen molar-refractivity contribution < 1.29 is 9.53 Å². The number of amides is 1. The van der Waals surface area contributed by atoms with Crippen molar-refractivity contribution in [1.82, 2.24) is 5.32 Å². The lowest BCUT2D eigenvalue weighted by Crippen LogP contribution is -2.47. The zero-order chi connectivity index (χ0) is 12.6. The number of hydrogen-bond donors (Lipinski definition) is 2. The molecule has 3 N–H and O–H groups in total. The van der Waals surface area contributed by atoms with Gasteiger partial charge in [0.15, 0.2) is 0 Å². The van der Waals surface area contributed by atoms with E-state index in [4.69, 9.17) is 10.5 Å². The summed E-state index contributed by atoms with van der Waals surface area (Å²) in [5.41, 5.74) is 6.67. The second-order valence-corrected chi connectivity index (χ2v) is 5.29. The highest BCUT2D eigenvalue weighted by Gasteiger charge is 2.44. The first kappa shape index (κ1) is 11.5. The van der Waals surface area contributed by atoms with Crippen LogP contribution in [0.15, 0.2) is 24.3 Å². The first-order valence-corrected chi connectivity index (χ1v) is 6.45. The van der Waals surface area contributed by atoms with Crippen LogP contribution in [0.5, 0.6) is 5.75 Å². The van der Waals surface area contributed by atoms with E-state index in [1.165, 1.54) is 0 Å². The summed E-state index contributed by atoms with van der Waals surface area (Å²) in [6.45, 7) is 0.992. The molecule has 1 amide bonds. The average Bonchev–Trinajstić information content (AvgIpc) is 3.18. The summed E-state index contributed by atoms with van der Waals surface area (Å²) in [6, 6.07) is 7.90. The molecule has 0 aromatic heterocycles. The predicted molar refractivity (Wildman–Crippen MR) is 68.3 cm³/mol. The molecule has 1 aromatic rings. The molecule has 1 saturated carbocycles. The molecule has 4 nitrogen and oxygen atoms in total. The molecule has 1 fully saturated rings. The summed E-state index contributed by atoms with van der Waals surface area (Å²) >= 11 is 0. The second kappa shape index (κ2) is 4.28. The number of ether oxygens (including phenoxy) is 1. The van der Waals surface area contributed by atoms with Crippen LogP contribution in [0.2, 0.25) is 0 Å². The van der Waals surface area contributed by atoms with E-state index in [1.807, 2.05) is 24.3 Å². The average molecular weight is 246 g/mol. The Morgan fingerprint density at radius 2 is 2.22 bits per heavy atom. The van der Waals surface area contributed by atoms with Gasteiger partial charge < -0.3 is 15.8 Å². The molecule has 1 heterocycles. The minimum absolute atomic E-state index is 0.0763. The summed E-state index contributed by atoms with van der Waals surface area (Å²) < 4.78 is 5.63. The summed E-state index contributed by atoms with van der Waals surface area (Å²) in [4.78, 5) is 12.2. The maximum Gasteiger partial charge on any atom is 0.227 e. The van der Waals surface area contributed by atoms with Crippen LogP contribution in [0.25, 0.3) is 0 Å². The van der Waals surface area contributed by atoms with Crippen LogP contribution in [-0.2, 0) is 11.2 Å². The molecule has 1 aliphatic carbocycles. The van der Waals surface area contributed by atoms with E-state index in [0.717, 1.165) is 30.6 Å². The van der Waals surface area contributed by atoms with Gasteiger partial charge in [0, 0.05) is 6.54 Å². The van der Waals surface area contributed by atoms with Gasteiger partial charge in [-0.05, 0) is 30.9 Å². The maximum absolute atomic E-state index is 12.2. The maximum atomic E-state index is 12.2. The van der Waals surface area contributed by atoms with Crippen LogP contribution in [0.3, 0.4) is 0 Å². The van der Waals surface area contributed by atoms with Crippen LogP contribution < -0.4 is 15.8 Å². The van der Waals surface area contributed by atoms with Gasteiger partial charge in [0.25, 0.3) is 0 Å². The predicted octanol–water partition coefficient (Wildman–Crippen LogP) is 0.845. The molecule has 1 aliphatic heterocycles. The van der Waals surface area contributed by atoms with E-state index in [2.05, 4.69) is 5.32 Å². The number of nitrogens with one attached hydrogen (secondary N) is 1. The van der Waals surface area contributed by atoms with Gasteiger partial charge in [0.1, 0.15) is 12.4 Å². The van der Waals surface area contributed by atoms with Crippen molar-refractivity contribution in [3.63, 3.8) is 0 Å². The Labute approximate surface area is 107 Å². The number of carbonyl (C=O) groups is 1. The quantitative estimate of drug-likeness (QED) is 0.831. The van der Waals surface area contributed by atoms with Gasteiger partial charge in [0.2, 0.25) is 5.91 Å². The molecule has 0 bridgehead atoms. The van der Waals surface area contributed by atoms with Crippen LogP contribution in [-0.4, -0.2) is 24.6 Å². The number of para-hydroxylation sites is 1. The van der Waals surface area contributed by atoms with Gasteiger partial charge in [-0.25, -0.2) is 0 Å². The molecule has 4 heteroatoms. The molecular formula is C14H18N2O2. The Morgan fingerprint density at radius 1 is 1.44 bits per heavy atom. The number of carbonyl (C=O) groups excluding carboxylic acids is 1. The third-order valence-corrected chi connectivity index (χ3v) is 3.88. The first-order valence-electron chi connectivity index (χ1n) is 6.45. The van der Waals surface area contributed by atoms with E-state index in [1.54, 1.807) is 0 Å². The normalized spacial score (nSPS) is 23.7.